The Morgan fingerprint density at radius 3 is 2.70 bits per heavy atom. The summed E-state index contributed by atoms with van der Waals surface area (Å²) in [6.07, 6.45) is 2.26. The third-order valence-corrected chi connectivity index (χ3v) is 7.25. The number of aromatic nitrogens is 2. The Labute approximate surface area is 179 Å². The number of methoxy groups -OCH3 is 1. The molecule has 5 rings (SSSR count). The van der Waals surface area contributed by atoms with Gasteiger partial charge in [0.05, 0.1) is 35.0 Å². The smallest absolute Gasteiger partial charge is 0.340 e. The highest BCUT2D eigenvalue weighted by atomic mass is 32.1. The summed E-state index contributed by atoms with van der Waals surface area (Å²) in [6, 6.07) is 16.6. The number of hydrogen-bond donors (Lipinski definition) is 1. The van der Waals surface area contributed by atoms with Crippen LogP contribution < -0.4 is 4.90 Å². The number of fused-ring (bicyclic) bond motifs is 2. The summed E-state index contributed by atoms with van der Waals surface area (Å²) < 4.78 is 6.35. The van der Waals surface area contributed by atoms with Gasteiger partial charge in [-0.25, -0.2) is 14.8 Å². The molecule has 30 heavy (non-hydrogen) atoms. The number of quaternary nitrogens is 1. The molecule has 5 nitrogen and oxygen atoms in total. The standard InChI is InChI=1S/C24H23N3O2S/c1-15-16-8-3-4-9-17(16)25-19(22(15)24(28)29-2)14-27-13-7-11-20(27)23-26-18-10-5-6-12-21(18)30-23/h3-6,8-10,12,20H,7,11,13-14H2,1-2H3/p+1/t20-/m0/s1. The van der Waals surface area contributed by atoms with Crippen LogP contribution in [0, 0.1) is 6.92 Å². The van der Waals surface area contributed by atoms with Crippen molar-refractivity contribution in [2.45, 2.75) is 32.4 Å². The molecule has 2 atom stereocenters. The lowest BCUT2D eigenvalue weighted by molar-refractivity contribution is -0.932. The second-order valence-electron chi connectivity index (χ2n) is 7.87. The predicted molar refractivity (Wildman–Crippen MR) is 119 cm³/mol. The molecule has 1 aliphatic rings. The first-order valence-corrected chi connectivity index (χ1v) is 11.1. The molecule has 0 spiro atoms. The summed E-state index contributed by atoms with van der Waals surface area (Å²) >= 11 is 1.79. The Hall–Kier alpha value is -2.83. The van der Waals surface area contributed by atoms with E-state index >= 15 is 0 Å². The maximum Gasteiger partial charge on any atom is 0.340 e. The molecule has 2 aromatic heterocycles. The van der Waals surface area contributed by atoms with Gasteiger partial charge >= 0.3 is 5.97 Å². The number of para-hydroxylation sites is 2. The molecule has 6 heteroatoms. The summed E-state index contributed by atoms with van der Waals surface area (Å²) in [7, 11) is 1.44. The monoisotopic (exact) mass is 418 g/mol. The van der Waals surface area contributed by atoms with Gasteiger partial charge < -0.3 is 9.64 Å². The lowest BCUT2D eigenvalue weighted by Crippen LogP contribution is -3.09. The van der Waals surface area contributed by atoms with Gasteiger partial charge in [-0.2, -0.15) is 0 Å². The van der Waals surface area contributed by atoms with E-state index in [2.05, 4.69) is 18.2 Å². The molecule has 0 amide bonds. The summed E-state index contributed by atoms with van der Waals surface area (Å²) in [6.45, 7) is 3.73. The molecular formula is C24H24N3O2S+. The van der Waals surface area contributed by atoms with Crippen LogP contribution in [-0.2, 0) is 11.3 Å². The number of aryl methyl sites for hydroxylation is 1. The van der Waals surface area contributed by atoms with Crippen molar-refractivity contribution < 1.29 is 14.4 Å². The number of hydrogen-bond acceptors (Lipinski definition) is 5. The van der Waals surface area contributed by atoms with Crippen LogP contribution in [-0.4, -0.2) is 29.6 Å². The van der Waals surface area contributed by atoms with Crippen molar-refractivity contribution in [3.05, 3.63) is 70.4 Å². The number of carbonyl (C=O) groups excluding carboxylic acids is 1. The van der Waals surface area contributed by atoms with Crippen molar-refractivity contribution in [2.24, 2.45) is 0 Å². The predicted octanol–water partition coefficient (Wildman–Crippen LogP) is 3.86. The van der Waals surface area contributed by atoms with Crippen LogP contribution in [0.15, 0.2) is 48.5 Å². The van der Waals surface area contributed by atoms with Crippen molar-refractivity contribution in [1.82, 2.24) is 9.97 Å². The summed E-state index contributed by atoms with van der Waals surface area (Å²) in [5.74, 6) is -0.309. The molecule has 1 N–H and O–H groups in total. The van der Waals surface area contributed by atoms with Gasteiger partial charge in [0.25, 0.3) is 0 Å². The van der Waals surface area contributed by atoms with Gasteiger partial charge in [-0.3, -0.25) is 0 Å². The third-order valence-electron chi connectivity index (χ3n) is 6.10. The van der Waals surface area contributed by atoms with Crippen LogP contribution in [0.2, 0.25) is 0 Å². The van der Waals surface area contributed by atoms with Gasteiger partial charge in [-0.05, 0) is 30.7 Å². The zero-order valence-corrected chi connectivity index (χ0v) is 18.0. The average molecular weight is 419 g/mol. The first-order chi connectivity index (χ1) is 14.7. The minimum absolute atomic E-state index is 0.309. The molecule has 152 valence electrons. The summed E-state index contributed by atoms with van der Waals surface area (Å²) in [4.78, 5) is 23.9. The number of likely N-dealkylation sites (tertiary alicyclic amines) is 1. The number of thiazole rings is 1. The molecule has 1 saturated heterocycles. The van der Waals surface area contributed by atoms with Crippen LogP contribution in [0.4, 0.5) is 0 Å². The van der Waals surface area contributed by atoms with Crippen molar-refractivity contribution >= 4 is 38.4 Å². The highest BCUT2D eigenvalue weighted by Crippen LogP contribution is 2.29. The lowest BCUT2D eigenvalue weighted by atomic mass is 10.0. The van der Waals surface area contributed by atoms with Crippen molar-refractivity contribution in [3.63, 3.8) is 0 Å². The molecule has 3 heterocycles. The van der Waals surface area contributed by atoms with Gasteiger partial charge in [0, 0.05) is 18.2 Å². The third kappa shape index (κ3) is 3.26. The number of benzene rings is 2. The number of nitrogens with one attached hydrogen (secondary N) is 1. The highest BCUT2D eigenvalue weighted by molar-refractivity contribution is 7.18. The second kappa shape index (κ2) is 7.78. The zero-order chi connectivity index (χ0) is 20.7. The number of nitrogens with zero attached hydrogens (tertiary/aromatic N) is 2. The van der Waals surface area contributed by atoms with Gasteiger partial charge in [-0.1, -0.05) is 30.3 Å². The maximum absolute atomic E-state index is 12.7. The summed E-state index contributed by atoms with van der Waals surface area (Å²) in [5.41, 5.74) is 4.36. The Morgan fingerprint density at radius 1 is 1.13 bits per heavy atom. The van der Waals surface area contributed by atoms with Gasteiger partial charge in [-0.15, -0.1) is 11.3 Å². The van der Waals surface area contributed by atoms with Gasteiger partial charge in [0.1, 0.15) is 18.3 Å². The molecule has 4 aromatic rings. The Morgan fingerprint density at radius 2 is 1.90 bits per heavy atom. The fourth-order valence-electron chi connectivity index (χ4n) is 4.62. The number of rotatable bonds is 4. The van der Waals surface area contributed by atoms with Crippen LogP contribution in [0.1, 0.15) is 45.5 Å². The zero-order valence-electron chi connectivity index (χ0n) is 17.1. The van der Waals surface area contributed by atoms with E-state index in [4.69, 9.17) is 14.7 Å². The molecule has 0 bridgehead atoms. The Balaban J connectivity index is 1.54. The van der Waals surface area contributed by atoms with Crippen LogP contribution in [0.3, 0.4) is 0 Å². The van der Waals surface area contributed by atoms with E-state index in [0.717, 1.165) is 47.1 Å². The van der Waals surface area contributed by atoms with E-state index in [0.29, 0.717) is 18.2 Å². The molecule has 0 radical (unpaired) electrons. The molecule has 1 aliphatic heterocycles. The number of carbonyl (C=O) groups is 1. The maximum atomic E-state index is 12.7. The van der Waals surface area contributed by atoms with Crippen molar-refractivity contribution in [2.75, 3.05) is 13.7 Å². The van der Waals surface area contributed by atoms with E-state index in [-0.39, 0.29) is 5.97 Å². The van der Waals surface area contributed by atoms with Crippen molar-refractivity contribution in [1.29, 1.82) is 0 Å². The largest absolute Gasteiger partial charge is 0.465 e. The Kier molecular flexibility index (Phi) is 4.97. The second-order valence-corrected chi connectivity index (χ2v) is 8.93. The van der Waals surface area contributed by atoms with Gasteiger partial charge in [0.2, 0.25) is 0 Å². The molecule has 1 fully saturated rings. The van der Waals surface area contributed by atoms with E-state index in [1.54, 1.807) is 11.3 Å². The number of pyridine rings is 1. The van der Waals surface area contributed by atoms with Crippen LogP contribution >= 0.6 is 11.3 Å². The van der Waals surface area contributed by atoms with Crippen molar-refractivity contribution in [3.8, 4) is 0 Å². The fourth-order valence-corrected chi connectivity index (χ4v) is 5.78. The lowest BCUT2D eigenvalue weighted by Gasteiger charge is -2.21. The molecule has 1 unspecified atom stereocenters. The summed E-state index contributed by atoms with van der Waals surface area (Å²) in [5, 5.41) is 2.18. The van der Waals surface area contributed by atoms with Gasteiger partial charge in [0.15, 0.2) is 5.01 Å². The highest BCUT2D eigenvalue weighted by Gasteiger charge is 2.34. The van der Waals surface area contributed by atoms with Crippen LogP contribution in [0.25, 0.3) is 21.1 Å². The molecular weight excluding hydrogens is 394 g/mol. The topological polar surface area (TPSA) is 56.5 Å². The van der Waals surface area contributed by atoms with E-state index in [9.17, 15) is 4.79 Å². The number of ether oxygens (including phenoxy) is 1. The van der Waals surface area contributed by atoms with E-state index < -0.39 is 0 Å². The quantitative estimate of drug-likeness (QED) is 0.512. The minimum atomic E-state index is -0.309. The minimum Gasteiger partial charge on any atom is -0.465 e. The number of esters is 1. The SMILES string of the molecule is COC(=O)c1c(C[NH+]2CCC[C@H]2c2nc3ccccc3s2)nc2ccccc2c1C. The van der Waals surface area contributed by atoms with E-state index in [1.807, 2.05) is 37.3 Å². The molecule has 0 saturated carbocycles. The van der Waals surface area contributed by atoms with Crippen LogP contribution in [0.5, 0.6) is 0 Å². The fraction of sp³-hybridized carbons (Fsp3) is 0.292. The Bertz CT molecular complexity index is 1220. The first kappa shape index (κ1) is 19.2. The molecule has 2 aromatic carbocycles. The average Bonchev–Trinajstić information content (AvgIpc) is 3.40. The molecule has 0 aliphatic carbocycles. The normalized spacial score (nSPS) is 18.9. The van der Waals surface area contributed by atoms with E-state index in [1.165, 1.54) is 21.7 Å². The first-order valence-electron chi connectivity index (χ1n) is 10.3.